The third-order valence-electron chi connectivity index (χ3n) is 2.91. The van der Waals surface area contributed by atoms with Gasteiger partial charge in [0, 0.05) is 18.1 Å². The Morgan fingerprint density at radius 1 is 1.53 bits per heavy atom. The van der Waals surface area contributed by atoms with Gasteiger partial charge in [-0.15, -0.1) is 0 Å². The molecule has 0 saturated carbocycles. The van der Waals surface area contributed by atoms with Crippen LogP contribution in [0.1, 0.15) is 0 Å². The first kappa shape index (κ1) is 13.9. The van der Waals surface area contributed by atoms with Gasteiger partial charge in [0.2, 0.25) is 0 Å². The van der Waals surface area contributed by atoms with Crippen molar-refractivity contribution in [3.8, 4) is 5.75 Å². The number of amides is 2. The van der Waals surface area contributed by atoms with Gasteiger partial charge in [-0.2, -0.15) is 0 Å². The second-order valence-corrected chi connectivity index (χ2v) is 4.71. The average molecular weight is 286 g/mol. The van der Waals surface area contributed by atoms with Crippen LogP contribution in [-0.4, -0.2) is 43.5 Å². The molecule has 0 bridgehead atoms. The second kappa shape index (κ2) is 6.10. The smallest absolute Gasteiger partial charge is 0.319 e. The van der Waals surface area contributed by atoms with Gasteiger partial charge >= 0.3 is 6.03 Å². The van der Waals surface area contributed by atoms with Crippen molar-refractivity contribution >= 4 is 23.3 Å². The predicted molar refractivity (Wildman–Crippen MR) is 72.8 cm³/mol. The molecule has 1 aliphatic rings. The van der Waals surface area contributed by atoms with E-state index in [2.05, 4.69) is 16.0 Å². The van der Waals surface area contributed by atoms with E-state index in [1.54, 1.807) is 18.2 Å². The first-order chi connectivity index (χ1) is 9.10. The predicted octanol–water partition coefficient (Wildman–Crippen LogP) is 0.803. The fourth-order valence-electron chi connectivity index (χ4n) is 1.92. The van der Waals surface area contributed by atoms with Crippen LogP contribution in [0, 0.1) is 0 Å². The quantitative estimate of drug-likeness (QED) is 0.662. The van der Waals surface area contributed by atoms with Gasteiger partial charge in [-0.05, 0) is 18.2 Å². The Hall–Kier alpha value is -1.50. The highest BCUT2D eigenvalue weighted by atomic mass is 35.5. The summed E-state index contributed by atoms with van der Waals surface area (Å²) >= 11 is 5.87. The molecule has 0 spiro atoms. The molecule has 2 rings (SSSR count). The standard InChI is InChI=1S/C12H16ClN3O3/c1-19-11-3-2-7(13)4-8(11)15-12(18)16-9-5-14-6-10(9)17/h2-4,9-10,14,17H,5-6H2,1H3,(H2,15,16,18)/t9-,10-/m1/s1. The van der Waals surface area contributed by atoms with Crippen LogP contribution in [0.2, 0.25) is 5.02 Å². The Balaban J connectivity index is 2.00. The highest BCUT2D eigenvalue weighted by Crippen LogP contribution is 2.27. The van der Waals surface area contributed by atoms with E-state index in [9.17, 15) is 9.90 Å². The zero-order valence-corrected chi connectivity index (χ0v) is 11.2. The molecular formula is C12H16ClN3O3. The number of carbonyl (C=O) groups is 1. The molecule has 1 aromatic carbocycles. The fourth-order valence-corrected chi connectivity index (χ4v) is 2.09. The number of ether oxygens (including phenoxy) is 1. The summed E-state index contributed by atoms with van der Waals surface area (Å²) in [6.07, 6.45) is -0.577. The minimum Gasteiger partial charge on any atom is -0.495 e. The number of aliphatic hydroxyl groups excluding tert-OH is 1. The normalized spacial score (nSPS) is 22.1. The minimum absolute atomic E-state index is 0.301. The summed E-state index contributed by atoms with van der Waals surface area (Å²) in [6.45, 7) is 1.02. The first-order valence-corrected chi connectivity index (χ1v) is 6.28. The number of nitrogens with one attached hydrogen (secondary N) is 3. The number of benzene rings is 1. The summed E-state index contributed by atoms with van der Waals surface area (Å²) in [5.41, 5.74) is 0.480. The molecule has 0 aromatic heterocycles. The van der Waals surface area contributed by atoms with E-state index in [4.69, 9.17) is 16.3 Å². The molecule has 19 heavy (non-hydrogen) atoms. The molecule has 0 aliphatic carbocycles. The van der Waals surface area contributed by atoms with E-state index in [1.807, 2.05) is 0 Å². The van der Waals surface area contributed by atoms with Crippen LogP contribution in [0.3, 0.4) is 0 Å². The number of urea groups is 1. The van der Waals surface area contributed by atoms with Crippen LogP contribution < -0.4 is 20.7 Å². The van der Waals surface area contributed by atoms with E-state index in [0.717, 1.165) is 0 Å². The van der Waals surface area contributed by atoms with E-state index in [1.165, 1.54) is 7.11 Å². The molecule has 4 N–H and O–H groups in total. The van der Waals surface area contributed by atoms with Crippen molar-refractivity contribution in [3.63, 3.8) is 0 Å². The molecule has 104 valence electrons. The number of halogens is 1. The van der Waals surface area contributed by atoms with Gasteiger partial charge in [-0.3, -0.25) is 0 Å². The van der Waals surface area contributed by atoms with Gasteiger partial charge in [0.1, 0.15) is 5.75 Å². The largest absolute Gasteiger partial charge is 0.495 e. The average Bonchev–Trinajstić information content (AvgIpc) is 2.75. The highest BCUT2D eigenvalue weighted by Gasteiger charge is 2.26. The summed E-state index contributed by atoms with van der Waals surface area (Å²) in [4.78, 5) is 11.8. The zero-order chi connectivity index (χ0) is 13.8. The minimum atomic E-state index is -0.577. The number of β-amino-alcohol motifs (C(OH)–C–C–N with tert-alkyl or cyclic N) is 1. The summed E-state index contributed by atoms with van der Waals surface area (Å²) in [6, 6.07) is 4.24. The summed E-state index contributed by atoms with van der Waals surface area (Å²) < 4.78 is 5.13. The van der Waals surface area contributed by atoms with Crippen molar-refractivity contribution in [1.82, 2.24) is 10.6 Å². The van der Waals surface area contributed by atoms with Gasteiger partial charge in [-0.25, -0.2) is 4.79 Å². The lowest BCUT2D eigenvalue weighted by molar-refractivity contribution is 0.164. The van der Waals surface area contributed by atoms with Gasteiger partial charge < -0.3 is 25.8 Å². The van der Waals surface area contributed by atoms with E-state index >= 15 is 0 Å². The van der Waals surface area contributed by atoms with Crippen LogP contribution in [-0.2, 0) is 0 Å². The number of aliphatic hydroxyl groups is 1. The molecule has 1 fully saturated rings. The molecule has 6 nitrogen and oxygen atoms in total. The molecule has 1 heterocycles. The molecule has 1 saturated heterocycles. The Morgan fingerprint density at radius 3 is 2.95 bits per heavy atom. The van der Waals surface area contributed by atoms with Crippen molar-refractivity contribution in [2.75, 3.05) is 25.5 Å². The van der Waals surface area contributed by atoms with Crippen LogP contribution >= 0.6 is 11.6 Å². The fraction of sp³-hybridized carbons (Fsp3) is 0.417. The lowest BCUT2D eigenvalue weighted by atomic mass is 10.2. The van der Waals surface area contributed by atoms with Crippen molar-refractivity contribution in [2.45, 2.75) is 12.1 Å². The maximum atomic E-state index is 11.8. The lowest BCUT2D eigenvalue weighted by Crippen LogP contribution is -2.44. The van der Waals surface area contributed by atoms with Crippen LogP contribution in [0.15, 0.2) is 18.2 Å². The molecule has 1 aromatic rings. The van der Waals surface area contributed by atoms with Gasteiger partial charge in [0.25, 0.3) is 0 Å². The van der Waals surface area contributed by atoms with E-state index in [0.29, 0.717) is 29.5 Å². The summed E-state index contributed by atoms with van der Waals surface area (Å²) in [5.74, 6) is 0.518. The molecule has 7 heteroatoms. The van der Waals surface area contributed by atoms with E-state index in [-0.39, 0.29) is 6.04 Å². The number of rotatable bonds is 3. The SMILES string of the molecule is COc1ccc(Cl)cc1NC(=O)N[C@@H]1CNC[C@H]1O. The van der Waals surface area contributed by atoms with Gasteiger partial charge in [0.05, 0.1) is 24.9 Å². The van der Waals surface area contributed by atoms with Crippen molar-refractivity contribution in [2.24, 2.45) is 0 Å². The van der Waals surface area contributed by atoms with Gasteiger partial charge in [0.15, 0.2) is 0 Å². The number of anilines is 1. The highest BCUT2D eigenvalue weighted by molar-refractivity contribution is 6.31. The summed E-state index contributed by atoms with van der Waals surface area (Å²) in [7, 11) is 1.51. The van der Waals surface area contributed by atoms with Crippen molar-refractivity contribution in [1.29, 1.82) is 0 Å². The first-order valence-electron chi connectivity index (χ1n) is 5.90. The zero-order valence-electron chi connectivity index (χ0n) is 10.4. The molecule has 0 radical (unpaired) electrons. The van der Waals surface area contributed by atoms with E-state index < -0.39 is 12.1 Å². The third-order valence-corrected chi connectivity index (χ3v) is 3.14. The maximum absolute atomic E-state index is 11.8. The monoisotopic (exact) mass is 285 g/mol. The lowest BCUT2D eigenvalue weighted by Gasteiger charge is -2.17. The van der Waals surface area contributed by atoms with Gasteiger partial charge in [-0.1, -0.05) is 11.6 Å². The Kier molecular flexibility index (Phi) is 4.47. The van der Waals surface area contributed by atoms with Crippen LogP contribution in [0.5, 0.6) is 5.75 Å². The summed E-state index contributed by atoms with van der Waals surface area (Å²) in [5, 5.41) is 18.4. The number of carbonyl (C=O) groups excluding carboxylic acids is 1. The maximum Gasteiger partial charge on any atom is 0.319 e. The number of methoxy groups -OCH3 is 1. The molecule has 2 amide bonds. The second-order valence-electron chi connectivity index (χ2n) is 4.28. The molecule has 2 atom stereocenters. The van der Waals surface area contributed by atoms with Crippen molar-refractivity contribution < 1.29 is 14.6 Å². The Labute approximate surface area is 116 Å². The van der Waals surface area contributed by atoms with Crippen LogP contribution in [0.25, 0.3) is 0 Å². The topological polar surface area (TPSA) is 82.6 Å². The molecule has 1 aliphatic heterocycles. The number of hydrogen-bond donors (Lipinski definition) is 4. The Bertz CT molecular complexity index is 470. The Morgan fingerprint density at radius 2 is 2.32 bits per heavy atom. The van der Waals surface area contributed by atoms with Crippen molar-refractivity contribution in [3.05, 3.63) is 23.2 Å². The molecule has 0 unspecified atom stereocenters. The molecular weight excluding hydrogens is 270 g/mol. The third kappa shape index (κ3) is 3.50. The number of hydrogen-bond acceptors (Lipinski definition) is 4. The van der Waals surface area contributed by atoms with Crippen LogP contribution in [0.4, 0.5) is 10.5 Å².